The highest BCUT2D eigenvalue weighted by atomic mass is 79.9. The standard InChI is InChI=1S/C19H13BrN4OS/c20-15-2-1-3-16(10-15)23-18(25)12-26-19-14(11-21)4-5-17(24-19)13-6-8-22-9-7-13/h1-10H,12H2,(H,23,25). The fourth-order valence-corrected chi connectivity index (χ4v) is 3.39. The summed E-state index contributed by atoms with van der Waals surface area (Å²) in [5.74, 6) is 0.00154. The van der Waals surface area contributed by atoms with Crippen molar-refractivity contribution in [2.75, 3.05) is 11.1 Å². The van der Waals surface area contributed by atoms with Gasteiger partial charge in [-0.15, -0.1) is 0 Å². The highest BCUT2D eigenvalue weighted by Crippen LogP contribution is 2.25. The van der Waals surface area contributed by atoms with Crippen LogP contribution in [0.2, 0.25) is 0 Å². The Morgan fingerprint density at radius 2 is 2.00 bits per heavy atom. The second-order valence-corrected chi connectivity index (χ2v) is 7.12. The van der Waals surface area contributed by atoms with Crippen LogP contribution in [0.4, 0.5) is 5.69 Å². The van der Waals surface area contributed by atoms with Crippen LogP contribution in [0, 0.1) is 11.3 Å². The predicted octanol–water partition coefficient (Wildman–Crippen LogP) is 4.51. The molecule has 0 bridgehead atoms. The van der Waals surface area contributed by atoms with Crippen LogP contribution in [0.5, 0.6) is 0 Å². The number of thioether (sulfide) groups is 1. The van der Waals surface area contributed by atoms with E-state index in [2.05, 4.69) is 37.3 Å². The van der Waals surface area contributed by atoms with Crippen molar-refractivity contribution in [3.63, 3.8) is 0 Å². The molecule has 26 heavy (non-hydrogen) atoms. The molecule has 0 aliphatic carbocycles. The van der Waals surface area contributed by atoms with Gasteiger partial charge in [-0.1, -0.05) is 33.8 Å². The molecule has 0 aliphatic heterocycles. The number of nitriles is 1. The van der Waals surface area contributed by atoms with Gasteiger partial charge in [-0.2, -0.15) is 5.26 Å². The normalized spacial score (nSPS) is 10.2. The fourth-order valence-electron chi connectivity index (χ4n) is 2.22. The van der Waals surface area contributed by atoms with Crippen LogP contribution in [0.15, 0.2) is 70.4 Å². The summed E-state index contributed by atoms with van der Waals surface area (Å²) in [7, 11) is 0. The number of hydrogen-bond acceptors (Lipinski definition) is 5. The monoisotopic (exact) mass is 424 g/mol. The topological polar surface area (TPSA) is 78.7 Å². The van der Waals surface area contributed by atoms with Crippen LogP contribution in [0.1, 0.15) is 5.56 Å². The zero-order valence-electron chi connectivity index (χ0n) is 13.5. The van der Waals surface area contributed by atoms with E-state index in [-0.39, 0.29) is 11.7 Å². The Morgan fingerprint density at radius 1 is 1.19 bits per heavy atom. The molecule has 2 aromatic heterocycles. The number of nitrogens with one attached hydrogen (secondary N) is 1. The Hall–Kier alpha value is -2.69. The van der Waals surface area contributed by atoms with Crippen molar-refractivity contribution in [3.05, 3.63) is 71.0 Å². The van der Waals surface area contributed by atoms with Gasteiger partial charge in [0.2, 0.25) is 5.91 Å². The highest BCUT2D eigenvalue weighted by molar-refractivity contribution is 9.10. The molecule has 7 heteroatoms. The maximum Gasteiger partial charge on any atom is 0.234 e. The highest BCUT2D eigenvalue weighted by Gasteiger charge is 2.11. The van der Waals surface area contributed by atoms with Gasteiger partial charge in [-0.05, 0) is 42.5 Å². The van der Waals surface area contributed by atoms with Crippen molar-refractivity contribution in [2.24, 2.45) is 0 Å². The maximum atomic E-state index is 12.2. The van der Waals surface area contributed by atoms with Crippen LogP contribution < -0.4 is 5.32 Å². The smallest absolute Gasteiger partial charge is 0.234 e. The number of benzene rings is 1. The lowest BCUT2D eigenvalue weighted by molar-refractivity contribution is -0.113. The molecule has 5 nitrogen and oxygen atoms in total. The molecule has 0 radical (unpaired) electrons. The van der Waals surface area contributed by atoms with Gasteiger partial charge >= 0.3 is 0 Å². The van der Waals surface area contributed by atoms with Crippen molar-refractivity contribution in [2.45, 2.75) is 5.03 Å². The van der Waals surface area contributed by atoms with Crippen LogP contribution in [-0.2, 0) is 4.79 Å². The number of amides is 1. The summed E-state index contributed by atoms with van der Waals surface area (Å²) in [4.78, 5) is 20.7. The molecule has 2 heterocycles. The zero-order valence-corrected chi connectivity index (χ0v) is 15.9. The third-order valence-electron chi connectivity index (χ3n) is 3.41. The molecule has 0 atom stereocenters. The van der Waals surface area contributed by atoms with E-state index >= 15 is 0 Å². The molecule has 3 rings (SSSR count). The first-order chi connectivity index (χ1) is 12.7. The van der Waals surface area contributed by atoms with Gasteiger partial charge in [0, 0.05) is 28.1 Å². The molecule has 1 N–H and O–H groups in total. The van der Waals surface area contributed by atoms with Crippen molar-refractivity contribution >= 4 is 39.3 Å². The quantitative estimate of drug-likeness (QED) is 0.609. The minimum atomic E-state index is -0.159. The average molecular weight is 425 g/mol. The molecule has 0 spiro atoms. The van der Waals surface area contributed by atoms with Crippen molar-refractivity contribution in [1.82, 2.24) is 9.97 Å². The fraction of sp³-hybridized carbons (Fsp3) is 0.0526. The summed E-state index contributed by atoms with van der Waals surface area (Å²) in [6.07, 6.45) is 3.38. The van der Waals surface area contributed by atoms with E-state index in [0.717, 1.165) is 15.7 Å². The van der Waals surface area contributed by atoms with Crippen LogP contribution in [0.25, 0.3) is 11.3 Å². The number of carbonyl (C=O) groups excluding carboxylic acids is 1. The molecule has 0 unspecified atom stereocenters. The summed E-state index contributed by atoms with van der Waals surface area (Å²) in [6.45, 7) is 0. The second kappa shape index (κ2) is 8.61. The lowest BCUT2D eigenvalue weighted by Gasteiger charge is -2.08. The van der Waals surface area contributed by atoms with Gasteiger partial charge < -0.3 is 5.32 Å². The number of anilines is 1. The lowest BCUT2D eigenvalue weighted by Crippen LogP contribution is -2.14. The Morgan fingerprint density at radius 3 is 2.73 bits per heavy atom. The number of hydrogen-bond donors (Lipinski definition) is 1. The van der Waals surface area contributed by atoms with Gasteiger partial charge in [0.1, 0.15) is 11.1 Å². The van der Waals surface area contributed by atoms with Gasteiger partial charge in [0.25, 0.3) is 0 Å². The van der Waals surface area contributed by atoms with Gasteiger partial charge in [0.05, 0.1) is 17.0 Å². The third kappa shape index (κ3) is 4.69. The predicted molar refractivity (Wildman–Crippen MR) is 106 cm³/mol. The number of rotatable bonds is 5. The molecular weight excluding hydrogens is 412 g/mol. The number of nitrogens with zero attached hydrogens (tertiary/aromatic N) is 3. The minimum Gasteiger partial charge on any atom is -0.325 e. The summed E-state index contributed by atoms with van der Waals surface area (Å²) in [5.41, 5.74) is 2.80. The van der Waals surface area contributed by atoms with Crippen LogP contribution in [0.3, 0.4) is 0 Å². The summed E-state index contributed by atoms with van der Waals surface area (Å²) < 4.78 is 0.890. The van der Waals surface area contributed by atoms with Crippen molar-refractivity contribution in [3.8, 4) is 17.3 Å². The first-order valence-electron chi connectivity index (χ1n) is 7.65. The van der Waals surface area contributed by atoms with E-state index in [1.165, 1.54) is 11.8 Å². The number of pyridine rings is 2. The number of carbonyl (C=O) groups is 1. The Bertz CT molecular complexity index is 973. The number of aromatic nitrogens is 2. The molecule has 1 aromatic carbocycles. The number of halogens is 1. The molecule has 0 fully saturated rings. The summed E-state index contributed by atoms with van der Waals surface area (Å²) in [5, 5.41) is 12.7. The second-order valence-electron chi connectivity index (χ2n) is 5.24. The van der Waals surface area contributed by atoms with Gasteiger partial charge in [-0.3, -0.25) is 9.78 Å². The lowest BCUT2D eigenvalue weighted by atomic mass is 10.1. The SMILES string of the molecule is N#Cc1ccc(-c2ccncc2)nc1SCC(=O)Nc1cccc(Br)c1. The Labute approximate surface area is 163 Å². The van der Waals surface area contributed by atoms with Crippen molar-refractivity contribution < 1.29 is 4.79 Å². The van der Waals surface area contributed by atoms with Crippen LogP contribution >= 0.6 is 27.7 Å². The maximum absolute atomic E-state index is 12.2. The summed E-state index contributed by atoms with van der Waals surface area (Å²) in [6, 6.07) is 16.7. The Kier molecular flexibility index (Phi) is 6.00. The van der Waals surface area contributed by atoms with E-state index in [0.29, 0.717) is 16.3 Å². The van der Waals surface area contributed by atoms with Gasteiger partial charge in [-0.25, -0.2) is 4.98 Å². The molecule has 0 saturated carbocycles. The summed E-state index contributed by atoms with van der Waals surface area (Å²) >= 11 is 4.61. The van der Waals surface area contributed by atoms with E-state index in [1.807, 2.05) is 36.4 Å². The molecular formula is C19H13BrN4OS. The molecule has 1 amide bonds. The minimum absolute atomic E-state index is 0.159. The Balaban J connectivity index is 1.72. The molecule has 0 aliphatic rings. The van der Waals surface area contributed by atoms with Crippen LogP contribution in [-0.4, -0.2) is 21.6 Å². The molecule has 3 aromatic rings. The van der Waals surface area contributed by atoms with Crippen molar-refractivity contribution in [1.29, 1.82) is 5.26 Å². The van der Waals surface area contributed by atoms with E-state index in [9.17, 15) is 10.1 Å². The zero-order chi connectivity index (χ0) is 18.4. The first-order valence-corrected chi connectivity index (χ1v) is 9.43. The largest absolute Gasteiger partial charge is 0.325 e. The van der Waals surface area contributed by atoms with E-state index < -0.39 is 0 Å². The van der Waals surface area contributed by atoms with Gasteiger partial charge in [0.15, 0.2) is 0 Å². The first kappa shape index (κ1) is 18.1. The van der Waals surface area contributed by atoms with E-state index in [1.54, 1.807) is 24.5 Å². The molecule has 0 saturated heterocycles. The molecule has 128 valence electrons. The van der Waals surface area contributed by atoms with E-state index in [4.69, 9.17) is 0 Å². The third-order valence-corrected chi connectivity index (χ3v) is 4.89. The average Bonchev–Trinajstić information content (AvgIpc) is 2.67.